The van der Waals surface area contributed by atoms with E-state index in [9.17, 15) is 0 Å². The molecule has 104 valence electrons. The first kappa shape index (κ1) is 12.6. The first-order valence-corrected chi connectivity index (χ1v) is 6.81. The summed E-state index contributed by atoms with van der Waals surface area (Å²) in [6.07, 6.45) is 2.68. The van der Waals surface area contributed by atoms with Gasteiger partial charge in [0.15, 0.2) is 11.5 Å². The first-order chi connectivity index (χ1) is 9.10. The Hall–Kier alpha value is -1.42. The molecule has 0 amide bonds. The van der Waals surface area contributed by atoms with E-state index in [2.05, 4.69) is 19.2 Å². The summed E-state index contributed by atoms with van der Waals surface area (Å²) in [6, 6.07) is 4.05. The van der Waals surface area contributed by atoms with Crippen LogP contribution in [-0.4, -0.2) is 19.4 Å². The van der Waals surface area contributed by atoms with Gasteiger partial charge in [0.25, 0.3) is 0 Å². The predicted octanol–water partition coefficient (Wildman–Crippen LogP) is 2.70. The van der Waals surface area contributed by atoms with Gasteiger partial charge in [0.2, 0.25) is 12.5 Å². The molecule has 1 aromatic carbocycles. The van der Waals surface area contributed by atoms with Crippen LogP contribution in [0.1, 0.15) is 32.3 Å². The van der Waals surface area contributed by atoms with Crippen LogP contribution >= 0.6 is 0 Å². The van der Waals surface area contributed by atoms with Crippen LogP contribution < -0.4 is 19.5 Å². The first-order valence-electron chi connectivity index (χ1n) is 6.81. The number of nitrogens with one attached hydrogen (secondary N) is 1. The highest BCUT2D eigenvalue weighted by atomic mass is 16.7. The summed E-state index contributed by atoms with van der Waals surface area (Å²) in [5.41, 5.74) is 1.36. The van der Waals surface area contributed by atoms with Gasteiger partial charge in [0.05, 0.1) is 7.11 Å². The van der Waals surface area contributed by atoms with Crippen molar-refractivity contribution < 1.29 is 14.2 Å². The number of ether oxygens (including phenoxy) is 3. The normalized spacial score (nSPS) is 17.6. The van der Waals surface area contributed by atoms with E-state index in [-0.39, 0.29) is 12.3 Å². The van der Waals surface area contributed by atoms with Crippen molar-refractivity contribution in [3.63, 3.8) is 0 Å². The Bertz CT molecular complexity index is 481. The maximum Gasteiger partial charge on any atom is 0.231 e. The van der Waals surface area contributed by atoms with Crippen molar-refractivity contribution in [3.8, 4) is 17.2 Å². The van der Waals surface area contributed by atoms with E-state index in [1.165, 1.54) is 12.8 Å². The SMILES string of the molecule is COc1cc(CNC(C)(C)C2CC2)cc2c1OCO2. The zero-order valence-corrected chi connectivity index (χ0v) is 11.8. The standard InChI is InChI=1S/C15H21NO3/c1-15(2,11-4-5-11)16-8-10-6-12(17-3)14-13(7-10)18-9-19-14/h6-7,11,16H,4-5,8-9H2,1-3H3. The molecule has 1 fully saturated rings. The molecular weight excluding hydrogens is 242 g/mol. The summed E-state index contributed by atoms with van der Waals surface area (Å²) < 4.78 is 16.2. The molecule has 0 aromatic heterocycles. The molecule has 4 heteroatoms. The number of hydrogen-bond acceptors (Lipinski definition) is 4. The highest BCUT2D eigenvalue weighted by molar-refractivity contribution is 5.55. The van der Waals surface area contributed by atoms with Gasteiger partial charge >= 0.3 is 0 Å². The van der Waals surface area contributed by atoms with E-state index in [0.29, 0.717) is 5.75 Å². The fraction of sp³-hybridized carbons (Fsp3) is 0.600. The van der Waals surface area contributed by atoms with Crippen molar-refractivity contribution in [2.75, 3.05) is 13.9 Å². The van der Waals surface area contributed by atoms with Crippen LogP contribution in [0.25, 0.3) is 0 Å². The van der Waals surface area contributed by atoms with Gasteiger partial charge in [-0.2, -0.15) is 0 Å². The summed E-state index contributed by atoms with van der Waals surface area (Å²) in [7, 11) is 1.66. The maximum atomic E-state index is 5.44. The minimum atomic E-state index is 0.198. The smallest absolute Gasteiger partial charge is 0.231 e. The van der Waals surface area contributed by atoms with Gasteiger partial charge in [-0.15, -0.1) is 0 Å². The summed E-state index contributed by atoms with van der Waals surface area (Å²) in [5.74, 6) is 3.05. The third-order valence-corrected chi connectivity index (χ3v) is 4.06. The van der Waals surface area contributed by atoms with Gasteiger partial charge < -0.3 is 19.5 Å². The quantitative estimate of drug-likeness (QED) is 0.886. The molecule has 0 radical (unpaired) electrons. The Kier molecular flexibility index (Phi) is 3.05. The summed E-state index contributed by atoms with van der Waals surface area (Å²) in [5, 5.41) is 3.63. The number of hydrogen-bond donors (Lipinski definition) is 1. The van der Waals surface area contributed by atoms with Crippen LogP contribution in [0, 0.1) is 5.92 Å². The predicted molar refractivity (Wildman–Crippen MR) is 72.8 cm³/mol. The summed E-state index contributed by atoms with van der Waals surface area (Å²) >= 11 is 0. The lowest BCUT2D eigenvalue weighted by molar-refractivity contribution is 0.171. The Morgan fingerprint density at radius 3 is 2.79 bits per heavy atom. The van der Waals surface area contributed by atoms with Gasteiger partial charge in [-0.1, -0.05) is 0 Å². The molecule has 0 atom stereocenters. The fourth-order valence-electron chi connectivity index (χ4n) is 2.57. The average molecular weight is 263 g/mol. The zero-order valence-electron chi connectivity index (χ0n) is 11.8. The van der Waals surface area contributed by atoms with Crippen LogP contribution in [0.3, 0.4) is 0 Å². The van der Waals surface area contributed by atoms with Gasteiger partial charge in [-0.3, -0.25) is 0 Å². The minimum Gasteiger partial charge on any atom is -0.493 e. The van der Waals surface area contributed by atoms with Crippen molar-refractivity contribution in [2.45, 2.75) is 38.8 Å². The highest BCUT2D eigenvalue weighted by Gasteiger charge is 2.37. The lowest BCUT2D eigenvalue weighted by atomic mass is 9.98. The second-order valence-electron chi connectivity index (χ2n) is 5.88. The largest absolute Gasteiger partial charge is 0.493 e. The van der Waals surface area contributed by atoms with Crippen LogP contribution in [0.5, 0.6) is 17.2 Å². The molecule has 19 heavy (non-hydrogen) atoms. The molecule has 1 aliphatic heterocycles. The third kappa shape index (κ3) is 2.50. The summed E-state index contributed by atoms with van der Waals surface area (Å²) in [4.78, 5) is 0. The van der Waals surface area contributed by atoms with Crippen molar-refractivity contribution in [3.05, 3.63) is 17.7 Å². The van der Waals surface area contributed by atoms with Crippen LogP contribution in [0.2, 0.25) is 0 Å². The topological polar surface area (TPSA) is 39.7 Å². The van der Waals surface area contributed by atoms with Crippen molar-refractivity contribution in [1.82, 2.24) is 5.32 Å². The molecule has 0 unspecified atom stereocenters. The Labute approximate surface area is 114 Å². The molecule has 1 aromatic rings. The molecule has 2 aliphatic rings. The van der Waals surface area contributed by atoms with E-state index in [4.69, 9.17) is 14.2 Å². The van der Waals surface area contributed by atoms with Crippen molar-refractivity contribution in [2.24, 2.45) is 5.92 Å². The number of rotatable bonds is 5. The van der Waals surface area contributed by atoms with E-state index >= 15 is 0 Å². The molecule has 0 saturated heterocycles. The Morgan fingerprint density at radius 2 is 2.11 bits per heavy atom. The second-order valence-corrected chi connectivity index (χ2v) is 5.88. The number of benzene rings is 1. The fourth-order valence-corrected chi connectivity index (χ4v) is 2.57. The second kappa shape index (κ2) is 4.60. The van der Waals surface area contributed by atoms with Gasteiger partial charge in [0.1, 0.15) is 0 Å². The molecule has 1 aliphatic carbocycles. The lowest BCUT2D eigenvalue weighted by Crippen LogP contribution is -2.40. The zero-order chi connectivity index (χ0) is 13.5. The molecule has 0 spiro atoms. The molecule has 1 saturated carbocycles. The van der Waals surface area contributed by atoms with Crippen LogP contribution in [0.4, 0.5) is 0 Å². The molecular formula is C15H21NO3. The number of methoxy groups -OCH3 is 1. The monoisotopic (exact) mass is 263 g/mol. The Balaban J connectivity index is 1.74. The third-order valence-electron chi connectivity index (χ3n) is 4.06. The van der Waals surface area contributed by atoms with Gasteiger partial charge in [-0.05, 0) is 50.3 Å². The van der Waals surface area contributed by atoms with Crippen molar-refractivity contribution in [1.29, 1.82) is 0 Å². The average Bonchev–Trinajstić information content (AvgIpc) is 3.15. The highest BCUT2D eigenvalue weighted by Crippen LogP contribution is 2.42. The van der Waals surface area contributed by atoms with E-state index in [0.717, 1.165) is 29.5 Å². The van der Waals surface area contributed by atoms with Gasteiger partial charge in [0, 0.05) is 12.1 Å². The minimum absolute atomic E-state index is 0.198. The number of fused-ring (bicyclic) bond motifs is 1. The molecule has 4 nitrogen and oxygen atoms in total. The van der Waals surface area contributed by atoms with Crippen LogP contribution in [0.15, 0.2) is 12.1 Å². The van der Waals surface area contributed by atoms with Crippen LogP contribution in [-0.2, 0) is 6.54 Å². The van der Waals surface area contributed by atoms with Crippen molar-refractivity contribution >= 4 is 0 Å². The molecule has 3 rings (SSSR count). The van der Waals surface area contributed by atoms with E-state index in [1.54, 1.807) is 7.11 Å². The maximum absolute atomic E-state index is 5.44. The molecule has 1 N–H and O–H groups in total. The summed E-state index contributed by atoms with van der Waals surface area (Å²) in [6.45, 7) is 5.64. The van der Waals surface area contributed by atoms with E-state index in [1.807, 2.05) is 12.1 Å². The molecule has 0 bridgehead atoms. The molecule has 1 heterocycles. The Morgan fingerprint density at radius 1 is 1.32 bits per heavy atom. The van der Waals surface area contributed by atoms with Gasteiger partial charge in [-0.25, -0.2) is 0 Å². The van der Waals surface area contributed by atoms with E-state index < -0.39 is 0 Å². The lowest BCUT2D eigenvalue weighted by Gasteiger charge is -2.26.